The van der Waals surface area contributed by atoms with Gasteiger partial charge in [0, 0.05) is 35.3 Å². The minimum absolute atomic E-state index is 0.712. The number of hydrogen-bond donors (Lipinski definition) is 1. The summed E-state index contributed by atoms with van der Waals surface area (Å²) < 4.78 is 1.12. The summed E-state index contributed by atoms with van der Waals surface area (Å²) in [6, 6.07) is 16.2. The molecular weight excluding hydrogens is 326 g/mol. The Morgan fingerprint density at radius 2 is 1.90 bits per heavy atom. The summed E-state index contributed by atoms with van der Waals surface area (Å²) in [6.45, 7) is 0.815. The average molecular weight is 342 g/mol. The highest BCUT2D eigenvalue weighted by Gasteiger charge is 2.10. The molecule has 21 heavy (non-hydrogen) atoms. The van der Waals surface area contributed by atoms with Crippen molar-refractivity contribution in [2.75, 3.05) is 17.7 Å². The molecule has 0 aliphatic carbocycles. The van der Waals surface area contributed by atoms with E-state index in [9.17, 15) is 0 Å². The van der Waals surface area contributed by atoms with Crippen LogP contribution in [0.1, 0.15) is 5.56 Å². The summed E-state index contributed by atoms with van der Waals surface area (Å²) in [5.74, 6) is 0. The van der Waals surface area contributed by atoms with Gasteiger partial charge in [0.15, 0.2) is 0 Å². The van der Waals surface area contributed by atoms with Crippen LogP contribution in [0.4, 0.5) is 11.4 Å². The van der Waals surface area contributed by atoms with Crippen molar-refractivity contribution in [3.63, 3.8) is 0 Å². The zero-order valence-corrected chi connectivity index (χ0v) is 13.3. The predicted octanol–water partition coefficient (Wildman–Crippen LogP) is 4.22. The van der Waals surface area contributed by atoms with Crippen LogP contribution < -0.4 is 10.6 Å². The molecule has 0 saturated heterocycles. The quantitative estimate of drug-likeness (QED) is 0.725. The van der Waals surface area contributed by atoms with Gasteiger partial charge in [0.1, 0.15) is 0 Å². The Kier molecular flexibility index (Phi) is 3.80. The summed E-state index contributed by atoms with van der Waals surface area (Å²) in [5.41, 5.74) is 9.95. The molecule has 0 spiro atoms. The van der Waals surface area contributed by atoms with E-state index >= 15 is 0 Å². The molecule has 0 radical (unpaired) electrons. The van der Waals surface area contributed by atoms with E-state index in [0.717, 1.165) is 27.6 Å². The standard InChI is InChI=1S/C17H16BrN3/c1-21(11-12-5-2-3-7-14(12)18)16-9-10-20-17-13(16)6-4-8-15(17)19/h2-10H,11,19H2,1H3. The van der Waals surface area contributed by atoms with E-state index in [0.29, 0.717) is 5.69 Å². The molecule has 0 atom stereocenters. The fourth-order valence-electron chi connectivity index (χ4n) is 2.48. The van der Waals surface area contributed by atoms with Gasteiger partial charge in [0.2, 0.25) is 0 Å². The van der Waals surface area contributed by atoms with Crippen molar-refractivity contribution >= 4 is 38.2 Å². The maximum Gasteiger partial charge on any atom is 0.0951 e. The normalized spacial score (nSPS) is 10.8. The molecule has 0 amide bonds. The summed E-state index contributed by atoms with van der Waals surface area (Å²) in [7, 11) is 2.08. The molecule has 0 aliphatic rings. The number of benzene rings is 2. The number of pyridine rings is 1. The van der Waals surface area contributed by atoms with Gasteiger partial charge in [-0.3, -0.25) is 4.98 Å². The number of anilines is 2. The third kappa shape index (κ3) is 2.72. The van der Waals surface area contributed by atoms with Crippen molar-refractivity contribution in [1.82, 2.24) is 4.98 Å². The van der Waals surface area contributed by atoms with E-state index in [1.54, 1.807) is 0 Å². The first kappa shape index (κ1) is 13.9. The Morgan fingerprint density at radius 1 is 1.10 bits per heavy atom. The van der Waals surface area contributed by atoms with Gasteiger partial charge in [0.25, 0.3) is 0 Å². The highest BCUT2D eigenvalue weighted by molar-refractivity contribution is 9.10. The Morgan fingerprint density at radius 3 is 2.71 bits per heavy atom. The lowest BCUT2D eigenvalue weighted by molar-refractivity contribution is 0.922. The second kappa shape index (κ2) is 5.74. The monoisotopic (exact) mass is 341 g/mol. The number of rotatable bonds is 3. The molecule has 3 rings (SSSR count). The van der Waals surface area contributed by atoms with E-state index < -0.39 is 0 Å². The molecule has 3 nitrogen and oxygen atoms in total. The third-order valence-electron chi connectivity index (χ3n) is 3.56. The molecule has 0 aliphatic heterocycles. The van der Waals surface area contributed by atoms with Crippen LogP contribution in [0.3, 0.4) is 0 Å². The molecule has 0 saturated carbocycles. The number of hydrogen-bond acceptors (Lipinski definition) is 3. The lowest BCUT2D eigenvalue weighted by atomic mass is 10.1. The van der Waals surface area contributed by atoms with Gasteiger partial charge in [-0.2, -0.15) is 0 Å². The fraction of sp³-hybridized carbons (Fsp3) is 0.118. The zero-order valence-electron chi connectivity index (χ0n) is 11.8. The Bertz CT molecular complexity index is 786. The molecule has 106 valence electrons. The summed E-state index contributed by atoms with van der Waals surface area (Å²) >= 11 is 3.60. The average Bonchev–Trinajstić information content (AvgIpc) is 2.49. The van der Waals surface area contributed by atoms with Crippen molar-refractivity contribution in [3.05, 3.63) is 64.8 Å². The van der Waals surface area contributed by atoms with Crippen molar-refractivity contribution in [2.24, 2.45) is 0 Å². The molecule has 0 unspecified atom stereocenters. The Labute approximate surface area is 132 Å². The smallest absolute Gasteiger partial charge is 0.0951 e. The lowest BCUT2D eigenvalue weighted by Gasteiger charge is -2.22. The van der Waals surface area contributed by atoms with Gasteiger partial charge in [-0.05, 0) is 23.8 Å². The van der Waals surface area contributed by atoms with Gasteiger partial charge < -0.3 is 10.6 Å². The van der Waals surface area contributed by atoms with Crippen LogP contribution >= 0.6 is 15.9 Å². The molecule has 1 aromatic heterocycles. The highest BCUT2D eigenvalue weighted by atomic mass is 79.9. The van der Waals surface area contributed by atoms with Gasteiger partial charge in [0.05, 0.1) is 11.2 Å². The topological polar surface area (TPSA) is 42.2 Å². The third-order valence-corrected chi connectivity index (χ3v) is 4.33. The van der Waals surface area contributed by atoms with Crippen LogP contribution in [0, 0.1) is 0 Å². The van der Waals surface area contributed by atoms with Crippen molar-refractivity contribution in [1.29, 1.82) is 0 Å². The van der Waals surface area contributed by atoms with Gasteiger partial charge in [-0.15, -0.1) is 0 Å². The summed E-state index contributed by atoms with van der Waals surface area (Å²) in [5, 5.41) is 1.08. The SMILES string of the molecule is CN(Cc1ccccc1Br)c1ccnc2c(N)cccc12. The van der Waals surface area contributed by atoms with Gasteiger partial charge in [-0.25, -0.2) is 0 Å². The molecule has 4 heteroatoms. The van der Waals surface area contributed by atoms with E-state index in [2.05, 4.69) is 57.1 Å². The van der Waals surface area contributed by atoms with Crippen molar-refractivity contribution < 1.29 is 0 Å². The van der Waals surface area contributed by atoms with E-state index in [1.165, 1.54) is 5.56 Å². The minimum Gasteiger partial charge on any atom is -0.397 e. The van der Waals surface area contributed by atoms with Crippen LogP contribution in [0.5, 0.6) is 0 Å². The number of halogens is 1. The molecule has 0 bridgehead atoms. The Hall–Kier alpha value is -2.07. The maximum atomic E-state index is 6.01. The maximum absolute atomic E-state index is 6.01. The largest absolute Gasteiger partial charge is 0.397 e. The van der Waals surface area contributed by atoms with Crippen LogP contribution in [-0.4, -0.2) is 12.0 Å². The van der Waals surface area contributed by atoms with E-state index in [4.69, 9.17) is 5.73 Å². The number of fused-ring (bicyclic) bond motifs is 1. The van der Waals surface area contributed by atoms with Crippen molar-refractivity contribution in [3.8, 4) is 0 Å². The van der Waals surface area contributed by atoms with Gasteiger partial charge in [-0.1, -0.05) is 46.3 Å². The molecule has 0 fully saturated rings. The molecule has 2 aromatic carbocycles. The molecule has 3 aromatic rings. The second-order valence-corrected chi connectivity index (χ2v) is 5.88. The number of para-hydroxylation sites is 1. The zero-order chi connectivity index (χ0) is 14.8. The minimum atomic E-state index is 0.712. The van der Waals surface area contributed by atoms with E-state index in [-0.39, 0.29) is 0 Å². The first-order valence-electron chi connectivity index (χ1n) is 6.74. The molecule has 2 N–H and O–H groups in total. The summed E-state index contributed by atoms with van der Waals surface area (Å²) in [4.78, 5) is 6.60. The lowest BCUT2D eigenvalue weighted by Crippen LogP contribution is -2.17. The van der Waals surface area contributed by atoms with Crippen molar-refractivity contribution in [2.45, 2.75) is 6.54 Å². The summed E-state index contributed by atoms with van der Waals surface area (Å²) in [6.07, 6.45) is 1.81. The fourth-order valence-corrected chi connectivity index (χ4v) is 2.89. The number of nitrogen functional groups attached to an aromatic ring is 1. The van der Waals surface area contributed by atoms with E-state index in [1.807, 2.05) is 30.5 Å². The van der Waals surface area contributed by atoms with Crippen LogP contribution in [0.2, 0.25) is 0 Å². The van der Waals surface area contributed by atoms with Gasteiger partial charge >= 0.3 is 0 Å². The number of aromatic nitrogens is 1. The Balaban J connectivity index is 2.01. The van der Waals surface area contributed by atoms with Crippen LogP contribution in [0.15, 0.2) is 59.2 Å². The highest BCUT2D eigenvalue weighted by Crippen LogP contribution is 2.29. The molecular formula is C17H16BrN3. The second-order valence-electron chi connectivity index (χ2n) is 5.02. The first-order chi connectivity index (χ1) is 10.2. The van der Waals surface area contributed by atoms with Crippen LogP contribution in [0.25, 0.3) is 10.9 Å². The molecule has 1 heterocycles. The number of nitrogens with zero attached hydrogens (tertiary/aromatic N) is 2. The number of nitrogens with two attached hydrogens (primary N) is 1. The first-order valence-corrected chi connectivity index (χ1v) is 7.54. The van der Waals surface area contributed by atoms with Crippen LogP contribution in [-0.2, 0) is 6.54 Å². The predicted molar refractivity (Wildman–Crippen MR) is 92.4 cm³/mol.